The van der Waals surface area contributed by atoms with Gasteiger partial charge in [0.25, 0.3) is 0 Å². The highest BCUT2D eigenvalue weighted by Crippen LogP contribution is 2.19. The minimum Gasteiger partial charge on any atom is -0.445 e. The molecule has 0 unspecified atom stereocenters. The zero-order valence-corrected chi connectivity index (χ0v) is 14.8. The van der Waals surface area contributed by atoms with Crippen LogP contribution in [-0.4, -0.2) is 41.8 Å². The van der Waals surface area contributed by atoms with Crippen LogP contribution < -0.4 is 5.32 Å². The molecule has 2 atom stereocenters. The first-order valence-electron chi connectivity index (χ1n) is 8.20. The maximum atomic E-state index is 12.2. The van der Waals surface area contributed by atoms with Crippen molar-refractivity contribution < 1.29 is 19.1 Å². The number of rotatable bonds is 3. The summed E-state index contributed by atoms with van der Waals surface area (Å²) in [5.74, 6) is 2.34. The van der Waals surface area contributed by atoms with Crippen LogP contribution in [0.4, 0.5) is 9.59 Å². The molecule has 0 radical (unpaired) electrons. The summed E-state index contributed by atoms with van der Waals surface area (Å²) in [7, 11) is 0. The van der Waals surface area contributed by atoms with Gasteiger partial charge < -0.3 is 19.7 Å². The summed E-state index contributed by atoms with van der Waals surface area (Å²) in [4.78, 5) is 25.7. The second-order valence-corrected chi connectivity index (χ2v) is 6.97. The van der Waals surface area contributed by atoms with Crippen molar-refractivity contribution in [2.75, 3.05) is 13.1 Å². The lowest BCUT2D eigenvalue weighted by Crippen LogP contribution is -2.43. The number of hydrogen-bond donors (Lipinski definition) is 1. The number of ether oxygens (including phenoxy) is 2. The number of alkyl carbamates (subject to hydrolysis) is 1. The molecule has 0 bridgehead atoms. The fourth-order valence-electron chi connectivity index (χ4n) is 2.54. The molecule has 0 spiro atoms. The molecule has 1 aliphatic heterocycles. The van der Waals surface area contributed by atoms with Crippen molar-refractivity contribution in [2.24, 2.45) is 5.92 Å². The van der Waals surface area contributed by atoms with E-state index in [9.17, 15) is 9.59 Å². The summed E-state index contributed by atoms with van der Waals surface area (Å²) < 4.78 is 10.6. The molecule has 2 amide bonds. The number of carbonyl (C=O) groups excluding carboxylic acids is 2. The van der Waals surface area contributed by atoms with Crippen molar-refractivity contribution in [3.63, 3.8) is 0 Å². The molecule has 1 fully saturated rings. The maximum Gasteiger partial charge on any atom is 0.410 e. The third-order valence-electron chi connectivity index (χ3n) is 3.70. The summed E-state index contributed by atoms with van der Waals surface area (Å²) in [6, 6.07) is 9.07. The van der Waals surface area contributed by atoms with E-state index >= 15 is 0 Å². The largest absolute Gasteiger partial charge is 0.445 e. The van der Waals surface area contributed by atoms with E-state index in [-0.39, 0.29) is 18.6 Å². The normalized spacial score (nSPS) is 19.8. The number of benzene rings is 1. The maximum absolute atomic E-state index is 12.2. The van der Waals surface area contributed by atoms with E-state index in [4.69, 9.17) is 15.9 Å². The van der Waals surface area contributed by atoms with Gasteiger partial charge in [-0.1, -0.05) is 36.3 Å². The van der Waals surface area contributed by atoms with Crippen molar-refractivity contribution in [3.05, 3.63) is 35.9 Å². The Morgan fingerprint density at radius 1 is 1.28 bits per heavy atom. The Kier molecular flexibility index (Phi) is 5.92. The summed E-state index contributed by atoms with van der Waals surface area (Å²) in [5, 5.41) is 2.74. The van der Waals surface area contributed by atoms with E-state index in [0.29, 0.717) is 13.1 Å². The highest BCUT2D eigenvalue weighted by Gasteiger charge is 2.36. The molecule has 2 rings (SSSR count). The quantitative estimate of drug-likeness (QED) is 0.856. The third-order valence-corrected chi connectivity index (χ3v) is 3.70. The molecule has 1 aliphatic rings. The zero-order chi connectivity index (χ0) is 18.4. The van der Waals surface area contributed by atoms with Gasteiger partial charge in [-0.05, 0) is 26.3 Å². The Morgan fingerprint density at radius 2 is 1.96 bits per heavy atom. The van der Waals surface area contributed by atoms with Crippen molar-refractivity contribution in [1.82, 2.24) is 10.2 Å². The minimum atomic E-state index is -0.595. The Balaban J connectivity index is 1.88. The Morgan fingerprint density at radius 3 is 2.56 bits per heavy atom. The van der Waals surface area contributed by atoms with Crippen molar-refractivity contribution >= 4 is 12.2 Å². The van der Waals surface area contributed by atoms with Crippen LogP contribution in [0, 0.1) is 18.3 Å². The molecule has 0 saturated carbocycles. The van der Waals surface area contributed by atoms with Gasteiger partial charge >= 0.3 is 12.2 Å². The summed E-state index contributed by atoms with van der Waals surface area (Å²) in [6.07, 6.45) is 4.54. The van der Waals surface area contributed by atoms with E-state index in [1.807, 2.05) is 30.3 Å². The lowest BCUT2D eigenvalue weighted by atomic mass is 10.1. The van der Waals surface area contributed by atoms with Crippen molar-refractivity contribution in [1.29, 1.82) is 0 Å². The van der Waals surface area contributed by atoms with E-state index < -0.39 is 17.8 Å². The molecule has 1 aromatic carbocycles. The Labute approximate surface area is 148 Å². The van der Waals surface area contributed by atoms with Crippen LogP contribution in [-0.2, 0) is 16.1 Å². The van der Waals surface area contributed by atoms with Crippen LogP contribution in [0.15, 0.2) is 30.3 Å². The van der Waals surface area contributed by atoms with Gasteiger partial charge in [0.15, 0.2) is 0 Å². The smallest absolute Gasteiger partial charge is 0.410 e. The number of amides is 2. The Bertz CT molecular complexity index is 646. The van der Waals surface area contributed by atoms with Crippen LogP contribution in [0.1, 0.15) is 26.3 Å². The van der Waals surface area contributed by atoms with Gasteiger partial charge in [-0.2, -0.15) is 0 Å². The molecule has 1 heterocycles. The Hall–Kier alpha value is -2.68. The van der Waals surface area contributed by atoms with Crippen molar-refractivity contribution in [2.45, 2.75) is 39.0 Å². The van der Waals surface area contributed by atoms with Crippen LogP contribution in [0.25, 0.3) is 0 Å². The SMILES string of the molecule is C#C[C@H]1CN(C(=O)OCc2ccccc2)C[C@H]1NC(=O)OC(C)(C)C. The molecule has 134 valence electrons. The van der Waals surface area contributed by atoms with Gasteiger partial charge in [-0.15, -0.1) is 6.42 Å². The number of likely N-dealkylation sites (tertiary alicyclic amines) is 1. The molecule has 1 N–H and O–H groups in total. The average molecular weight is 344 g/mol. The molecule has 1 aromatic rings. The van der Waals surface area contributed by atoms with Gasteiger partial charge in [-0.25, -0.2) is 9.59 Å². The number of hydrogen-bond acceptors (Lipinski definition) is 4. The standard InChI is InChI=1S/C19H24N2O4/c1-5-15-11-21(12-16(15)20-17(22)25-19(2,3)4)18(23)24-13-14-9-7-6-8-10-14/h1,6-10,15-16H,11-13H2,2-4H3,(H,20,22)/t15-,16+/m0/s1. The van der Waals surface area contributed by atoms with E-state index in [1.165, 1.54) is 4.90 Å². The molecule has 1 saturated heterocycles. The predicted molar refractivity (Wildman–Crippen MR) is 93.7 cm³/mol. The average Bonchev–Trinajstić information content (AvgIpc) is 2.94. The van der Waals surface area contributed by atoms with Crippen molar-refractivity contribution in [3.8, 4) is 12.3 Å². The molecule has 0 aliphatic carbocycles. The molecule has 25 heavy (non-hydrogen) atoms. The molecule has 0 aromatic heterocycles. The van der Waals surface area contributed by atoms with Crippen LogP contribution >= 0.6 is 0 Å². The fraction of sp³-hybridized carbons (Fsp3) is 0.474. The van der Waals surface area contributed by atoms with Crippen LogP contribution in [0.3, 0.4) is 0 Å². The number of carbonyl (C=O) groups is 2. The first-order valence-corrected chi connectivity index (χ1v) is 8.20. The highest BCUT2D eigenvalue weighted by molar-refractivity contribution is 5.70. The first-order chi connectivity index (χ1) is 11.8. The van der Waals surface area contributed by atoms with E-state index in [0.717, 1.165) is 5.56 Å². The number of terminal acetylenes is 1. The predicted octanol–water partition coefficient (Wildman–Crippen LogP) is 2.78. The second kappa shape index (κ2) is 7.93. The van der Waals surface area contributed by atoms with Crippen LogP contribution in [0.2, 0.25) is 0 Å². The van der Waals surface area contributed by atoms with Gasteiger partial charge in [-0.3, -0.25) is 0 Å². The second-order valence-electron chi connectivity index (χ2n) is 6.97. The van der Waals surface area contributed by atoms with E-state index in [2.05, 4.69) is 11.2 Å². The monoisotopic (exact) mass is 344 g/mol. The third kappa shape index (κ3) is 5.71. The zero-order valence-electron chi connectivity index (χ0n) is 14.8. The summed E-state index contributed by atoms with van der Waals surface area (Å²) in [6.45, 7) is 6.18. The van der Waals surface area contributed by atoms with E-state index in [1.54, 1.807) is 20.8 Å². The topological polar surface area (TPSA) is 67.9 Å². The molecular formula is C19H24N2O4. The number of nitrogens with one attached hydrogen (secondary N) is 1. The van der Waals surface area contributed by atoms with Gasteiger partial charge in [0.05, 0.1) is 12.0 Å². The lowest BCUT2D eigenvalue weighted by molar-refractivity contribution is 0.0498. The lowest BCUT2D eigenvalue weighted by Gasteiger charge is -2.22. The van der Waals surface area contributed by atoms with Crippen LogP contribution in [0.5, 0.6) is 0 Å². The summed E-state index contributed by atoms with van der Waals surface area (Å²) >= 11 is 0. The number of nitrogens with zero attached hydrogens (tertiary/aromatic N) is 1. The molecular weight excluding hydrogens is 320 g/mol. The van der Waals surface area contributed by atoms with Gasteiger partial charge in [0, 0.05) is 13.1 Å². The minimum absolute atomic E-state index is 0.195. The highest BCUT2D eigenvalue weighted by atomic mass is 16.6. The molecule has 6 heteroatoms. The first kappa shape index (κ1) is 18.7. The van der Waals surface area contributed by atoms with Gasteiger partial charge in [0.2, 0.25) is 0 Å². The fourth-order valence-corrected chi connectivity index (χ4v) is 2.54. The summed E-state index contributed by atoms with van der Waals surface area (Å²) in [5.41, 5.74) is 0.315. The van der Waals surface area contributed by atoms with Gasteiger partial charge in [0.1, 0.15) is 12.2 Å². The molecule has 6 nitrogen and oxygen atoms in total.